The minimum atomic E-state index is 1.17. The van der Waals surface area contributed by atoms with E-state index in [0.29, 0.717) is 0 Å². The fourth-order valence-corrected chi connectivity index (χ4v) is 2.19. The van der Waals surface area contributed by atoms with Crippen LogP contribution in [0.4, 0.5) is 0 Å². The Balaban J connectivity index is 2.36. The van der Waals surface area contributed by atoms with E-state index >= 15 is 0 Å². The van der Waals surface area contributed by atoms with E-state index in [2.05, 4.69) is 63.2 Å². The van der Waals surface area contributed by atoms with Gasteiger partial charge in [0.15, 0.2) is 0 Å². The molecule has 2 rings (SSSR count). The average Bonchev–Trinajstić information content (AvgIpc) is 2.34. The first-order chi connectivity index (χ1) is 8.20. The zero-order valence-electron chi connectivity index (χ0n) is 11.0. The van der Waals surface area contributed by atoms with E-state index in [0.717, 1.165) is 0 Å². The molecule has 0 aliphatic carbocycles. The Hall–Kier alpha value is -1.56. The van der Waals surface area contributed by atoms with Gasteiger partial charge in [-0.2, -0.15) is 0 Å². The molecule has 0 heterocycles. The Bertz CT molecular complexity index is 492. The van der Waals surface area contributed by atoms with Crippen molar-refractivity contribution in [1.29, 1.82) is 0 Å². The third-order valence-electron chi connectivity index (χ3n) is 3.20. The van der Waals surface area contributed by atoms with Gasteiger partial charge in [-0.3, -0.25) is 0 Å². The number of aryl methyl sites for hydroxylation is 3. The van der Waals surface area contributed by atoms with Crippen LogP contribution in [0, 0.1) is 13.8 Å². The van der Waals surface area contributed by atoms with Crippen LogP contribution in [0.25, 0.3) is 11.1 Å². The molecule has 0 saturated heterocycles. The van der Waals surface area contributed by atoms with E-state index in [4.69, 9.17) is 0 Å². The lowest BCUT2D eigenvalue weighted by molar-refractivity contribution is 0.922. The summed E-state index contributed by atoms with van der Waals surface area (Å²) in [5.41, 5.74) is 6.78. The lowest BCUT2D eigenvalue weighted by atomic mass is 9.97. The van der Waals surface area contributed by atoms with Gasteiger partial charge in [-0.05, 0) is 42.5 Å². The summed E-state index contributed by atoms with van der Waals surface area (Å²) in [4.78, 5) is 0. The maximum Gasteiger partial charge on any atom is -0.0152 e. The van der Waals surface area contributed by atoms with E-state index in [1.807, 2.05) is 0 Å². The second-order valence-electron chi connectivity index (χ2n) is 4.77. The van der Waals surface area contributed by atoms with Gasteiger partial charge in [0.1, 0.15) is 0 Å². The number of rotatable bonds is 3. The highest BCUT2D eigenvalue weighted by Gasteiger charge is 2.02. The van der Waals surface area contributed by atoms with Gasteiger partial charge in [-0.25, -0.2) is 0 Å². The molecule has 0 aromatic heterocycles. The molecule has 0 aliphatic heterocycles. The number of hydrogen-bond acceptors (Lipinski definition) is 0. The highest BCUT2D eigenvalue weighted by Crippen LogP contribution is 2.25. The topological polar surface area (TPSA) is 0 Å². The Morgan fingerprint density at radius 3 is 2.24 bits per heavy atom. The van der Waals surface area contributed by atoms with Crippen LogP contribution in [0.2, 0.25) is 0 Å². The normalized spacial score (nSPS) is 10.5. The van der Waals surface area contributed by atoms with Crippen molar-refractivity contribution in [1.82, 2.24) is 0 Å². The molecule has 0 fully saturated rings. The van der Waals surface area contributed by atoms with Crippen molar-refractivity contribution >= 4 is 0 Å². The summed E-state index contributed by atoms with van der Waals surface area (Å²) < 4.78 is 0. The van der Waals surface area contributed by atoms with E-state index in [-0.39, 0.29) is 0 Å². The van der Waals surface area contributed by atoms with E-state index in [1.165, 1.54) is 40.7 Å². The third kappa shape index (κ3) is 2.76. The molecule has 17 heavy (non-hydrogen) atoms. The molecule has 88 valence electrons. The number of benzene rings is 2. The van der Waals surface area contributed by atoms with Crippen LogP contribution in [0.15, 0.2) is 42.5 Å². The Labute approximate surface area is 104 Å². The molecule has 0 nitrogen and oxygen atoms in total. The molecule has 0 unspecified atom stereocenters. The van der Waals surface area contributed by atoms with Crippen molar-refractivity contribution in [3.8, 4) is 11.1 Å². The second kappa shape index (κ2) is 5.18. The first kappa shape index (κ1) is 11.9. The van der Waals surface area contributed by atoms with Gasteiger partial charge >= 0.3 is 0 Å². The van der Waals surface area contributed by atoms with Crippen LogP contribution in [0.3, 0.4) is 0 Å². The smallest absolute Gasteiger partial charge is 0.0152 e. The molecule has 0 atom stereocenters. The molecule has 2 aromatic rings. The molecule has 0 aliphatic rings. The predicted molar refractivity (Wildman–Crippen MR) is 75.3 cm³/mol. The summed E-state index contributed by atoms with van der Waals surface area (Å²) in [6.07, 6.45) is 2.38. The molecule has 2 aromatic carbocycles. The molecule has 0 saturated carbocycles. The van der Waals surface area contributed by atoms with Crippen molar-refractivity contribution in [2.24, 2.45) is 0 Å². The summed E-state index contributed by atoms with van der Waals surface area (Å²) in [6.45, 7) is 6.54. The standard InChI is InChI=1S/C17H20/c1-4-5-15-8-10-16(11-9-15)17-12-13(2)6-7-14(17)3/h6-12H,4-5H2,1-3H3. The van der Waals surface area contributed by atoms with Crippen LogP contribution in [0.5, 0.6) is 0 Å². The average molecular weight is 224 g/mol. The second-order valence-corrected chi connectivity index (χ2v) is 4.77. The van der Waals surface area contributed by atoms with Crippen LogP contribution in [-0.2, 0) is 6.42 Å². The highest BCUT2D eigenvalue weighted by molar-refractivity contribution is 5.68. The summed E-state index contributed by atoms with van der Waals surface area (Å²) in [5.74, 6) is 0. The van der Waals surface area contributed by atoms with Gasteiger partial charge in [0, 0.05) is 0 Å². The largest absolute Gasteiger partial charge is 0.0651 e. The van der Waals surface area contributed by atoms with Gasteiger partial charge in [0.2, 0.25) is 0 Å². The van der Waals surface area contributed by atoms with Gasteiger partial charge in [-0.15, -0.1) is 0 Å². The minimum Gasteiger partial charge on any atom is -0.0651 e. The summed E-state index contributed by atoms with van der Waals surface area (Å²) in [5, 5.41) is 0. The Morgan fingerprint density at radius 2 is 1.59 bits per heavy atom. The lowest BCUT2D eigenvalue weighted by Crippen LogP contribution is -1.87. The third-order valence-corrected chi connectivity index (χ3v) is 3.20. The quantitative estimate of drug-likeness (QED) is 0.694. The molecule has 0 radical (unpaired) electrons. The highest BCUT2D eigenvalue weighted by atomic mass is 14.1. The molecule has 0 heteroatoms. The van der Waals surface area contributed by atoms with Crippen molar-refractivity contribution in [2.45, 2.75) is 33.6 Å². The van der Waals surface area contributed by atoms with E-state index < -0.39 is 0 Å². The predicted octanol–water partition coefficient (Wildman–Crippen LogP) is 4.92. The maximum absolute atomic E-state index is 2.27. The first-order valence-corrected chi connectivity index (χ1v) is 6.37. The Kier molecular flexibility index (Phi) is 3.63. The van der Waals surface area contributed by atoms with Crippen LogP contribution < -0.4 is 0 Å². The van der Waals surface area contributed by atoms with Gasteiger partial charge < -0.3 is 0 Å². The van der Waals surface area contributed by atoms with Crippen molar-refractivity contribution in [2.75, 3.05) is 0 Å². The SMILES string of the molecule is CCCc1ccc(-c2cc(C)ccc2C)cc1. The van der Waals surface area contributed by atoms with E-state index in [1.54, 1.807) is 0 Å². The van der Waals surface area contributed by atoms with Crippen molar-refractivity contribution in [3.05, 3.63) is 59.2 Å². The molecule has 0 bridgehead atoms. The zero-order valence-corrected chi connectivity index (χ0v) is 11.0. The van der Waals surface area contributed by atoms with Gasteiger partial charge in [0.05, 0.1) is 0 Å². The van der Waals surface area contributed by atoms with Gasteiger partial charge in [-0.1, -0.05) is 61.4 Å². The van der Waals surface area contributed by atoms with E-state index in [9.17, 15) is 0 Å². The van der Waals surface area contributed by atoms with Gasteiger partial charge in [0.25, 0.3) is 0 Å². The monoisotopic (exact) mass is 224 g/mol. The fraction of sp³-hybridized carbons (Fsp3) is 0.294. The van der Waals surface area contributed by atoms with Crippen LogP contribution in [-0.4, -0.2) is 0 Å². The zero-order chi connectivity index (χ0) is 12.3. The number of hydrogen-bond donors (Lipinski definition) is 0. The molecule has 0 spiro atoms. The molecule has 0 amide bonds. The van der Waals surface area contributed by atoms with Crippen LogP contribution in [0.1, 0.15) is 30.0 Å². The molecule has 0 N–H and O–H groups in total. The van der Waals surface area contributed by atoms with Crippen LogP contribution >= 0.6 is 0 Å². The van der Waals surface area contributed by atoms with Crippen molar-refractivity contribution in [3.63, 3.8) is 0 Å². The molecular weight excluding hydrogens is 204 g/mol. The Morgan fingerprint density at radius 1 is 0.882 bits per heavy atom. The molecular formula is C17H20. The minimum absolute atomic E-state index is 1.17. The summed E-state index contributed by atoms with van der Waals surface area (Å²) in [7, 11) is 0. The van der Waals surface area contributed by atoms with Crippen molar-refractivity contribution < 1.29 is 0 Å². The lowest BCUT2D eigenvalue weighted by Gasteiger charge is -2.08. The summed E-state index contributed by atoms with van der Waals surface area (Å²) in [6, 6.07) is 15.6. The first-order valence-electron chi connectivity index (χ1n) is 6.37. The maximum atomic E-state index is 2.27. The fourth-order valence-electron chi connectivity index (χ4n) is 2.19. The summed E-state index contributed by atoms with van der Waals surface area (Å²) >= 11 is 0.